The van der Waals surface area contributed by atoms with E-state index in [9.17, 15) is 5.11 Å². The van der Waals surface area contributed by atoms with Crippen LogP contribution < -0.4 is 0 Å². The molecule has 1 N–H and O–H groups in total. The molecule has 3 heteroatoms. The highest BCUT2D eigenvalue weighted by atomic mass is 32.2. The van der Waals surface area contributed by atoms with E-state index >= 15 is 0 Å². The predicted molar refractivity (Wildman–Crippen MR) is 69.7 cm³/mol. The molecule has 0 fully saturated rings. The van der Waals surface area contributed by atoms with Gasteiger partial charge in [-0.3, -0.25) is 0 Å². The number of ether oxygens (including phenoxy) is 1. The maximum absolute atomic E-state index is 9.61. The molecule has 0 amide bonds. The number of rotatable bonds is 8. The van der Waals surface area contributed by atoms with Gasteiger partial charge in [-0.2, -0.15) is 11.8 Å². The van der Waals surface area contributed by atoms with Crippen molar-refractivity contribution in [2.75, 3.05) is 18.1 Å². The van der Waals surface area contributed by atoms with Crippen LogP contribution in [0.5, 0.6) is 0 Å². The van der Waals surface area contributed by atoms with Crippen molar-refractivity contribution in [2.24, 2.45) is 0 Å². The quantitative estimate of drug-likeness (QED) is 0.708. The third-order valence-electron chi connectivity index (χ3n) is 2.08. The lowest BCUT2D eigenvalue weighted by Crippen LogP contribution is -2.18. The molecular weight excluding hydrogens is 220 g/mol. The van der Waals surface area contributed by atoms with E-state index in [1.54, 1.807) is 11.8 Å². The zero-order valence-electron chi connectivity index (χ0n) is 9.76. The Labute approximate surface area is 102 Å². The summed E-state index contributed by atoms with van der Waals surface area (Å²) in [4.78, 5) is 0. The van der Waals surface area contributed by atoms with Crippen molar-refractivity contribution in [3.05, 3.63) is 35.9 Å². The Morgan fingerprint density at radius 2 is 2.06 bits per heavy atom. The molecule has 2 nitrogen and oxygen atoms in total. The van der Waals surface area contributed by atoms with E-state index in [0.29, 0.717) is 13.2 Å². The van der Waals surface area contributed by atoms with E-state index in [1.165, 1.54) is 0 Å². The predicted octanol–water partition coefficient (Wildman–Crippen LogP) is 2.71. The summed E-state index contributed by atoms with van der Waals surface area (Å²) in [7, 11) is 0. The fourth-order valence-corrected chi connectivity index (χ4v) is 2.12. The lowest BCUT2D eigenvalue weighted by atomic mass is 10.2. The molecule has 0 saturated carbocycles. The Kier molecular flexibility index (Phi) is 7.30. The summed E-state index contributed by atoms with van der Waals surface area (Å²) in [5, 5.41) is 9.61. The maximum atomic E-state index is 9.61. The number of thioether (sulfide) groups is 1. The number of aliphatic hydroxyl groups is 1. The van der Waals surface area contributed by atoms with Crippen molar-refractivity contribution in [1.29, 1.82) is 0 Å². The highest BCUT2D eigenvalue weighted by molar-refractivity contribution is 7.99. The Morgan fingerprint density at radius 1 is 1.31 bits per heavy atom. The first kappa shape index (κ1) is 13.6. The molecule has 0 aliphatic heterocycles. The molecule has 0 spiro atoms. The molecule has 1 rings (SSSR count). The first-order chi connectivity index (χ1) is 7.83. The normalized spacial score (nSPS) is 12.6. The molecule has 0 aliphatic rings. The third kappa shape index (κ3) is 6.16. The smallest absolute Gasteiger partial charge is 0.0863 e. The average molecular weight is 240 g/mol. The molecule has 0 radical (unpaired) electrons. The molecule has 0 aromatic heterocycles. The Hall–Kier alpha value is -0.510. The highest BCUT2D eigenvalue weighted by Crippen LogP contribution is 2.06. The van der Waals surface area contributed by atoms with Gasteiger partial charge >= 0.3 is 0 Å². The van der Waals surface area contributed by atoms with Gasteiger partial charge in [-0.1, -0.05) is 37.3 Å². The van der Waals surface area contributed by atoms with Gasteiger partial charge in [0.15, 0.2) is 0 Å². The third-order valence-corrected chi connectivity index (χ3v) is 3.40. The topological polar surface area (TPSA) is 29.5 Å². The first-order valence-electron chi connectivity index (χ1n) is 5.70. The van der Waals surface area contributed by atoms with Gasteiger partial charge in [0, 0.05) is 5.75 Å². The first-order valence-corrected chi connectivity index (χ1v) is 6.86. The van der Waals surface area contributed by atoms with Crippen molar-refractivity contribution < 1.29 is 9.84 Å². The fraction of sp³-hybridized carbons (Fsp3) is 0.538. The monoisotopic (exact) mass is 240 g/mol. The van der Waals surface area contributed by atoms with Crippen LogP contribution in [0.1, 0.15) is 18.9 Å². The number of hydrogen-bond donors (Lipinski definition) is 1. The summed E-state index contributed by atoms with van der Waals surface area (Å²) in [6.45, 7) is 3.15. The van der Waals surface area contributed by atoms with Crippen molar-refractivity contribution in [1.82, 2.24) is 0 Å². The molecule has 0 aliphatic carbocycles. The molecule has 1 aromatic rings. The van der Waals surface area contributed by atoms with Gasteiger partial charge in [-0.15, -0.1) is 0 Å². The summed E-state index contributed by atoms with van der Waals surface area (Å²) < 4.78 is 5.45. The van der Waals surface area contributed by atoms with Gasteiger partial charge in [-0.25, -0.2) is 0 Å². The van der Waals surface area contributed by atoms with Gasteiger partial charge in [0.05, 0.1) is 19.3 Å². The maximum Gasteiger partial charge on any atom is 0.0863 e. The van der Waals surface area contributed by atoms with Crippen molar-refractivity contribution in [3.63, 3.8) is 0 Å². The summed E-state index contributed by atoms with van der Waals surface area (Å²) in [6, 6.07) is 10.0. The molecule has 0 saturated heterocycles. The molecular formula is C13H20O2S. The van der Waals surface area contributed by atoms with Crippen LogP contribution in [0.2, 0.25) is 0 Å². The van der Waals surface area contributed by atoms with E-state index in [0.717, 1.165) is 23.5 Å². The zero-order chi connectivity index (χ0) is 11.6. The van der Waals surface area contributed by atoms with Crippen molar-refractivity contribution in [3.8, 4) is 0 Å². The van der Waals surface area contributed by atoms with Crippen LogP contribution in [0.25, 0.3) is 0 Å². The van der Waals surface area contributed by atoms with Crippen LogP contribution in [-0.2, 0) is 11.3 Å². The van der Waals surface area contributed by atoms with Gasteiger partial charge in [0.1, 0.15) is 0 Å². The minimum absolute atomic E-state index is 0.347. The lowest BCUT2D eigenvalue weighted by molar-refractivity contribution is 0.0398. The standard InChI is InChI=1S/C13H20O2S/c1-2-8-16-11-13(14)10-15-9-12-6-4-3-5-7-12/h3-7,13-14H,2,8-11H2,1H3. The Balaban J connectivity index is 2.06. The number of aliphatic hydroxyl groups excluding tert-OH is 1. The summed E-state index contributed by atoms with van der Waals surface area (Å²) in [6.07, 6.45) is 0.808. The summed E-state index contributed by atoms with van der Waals surface area (Å²) >= 11 is 1.78. The molecule has 1 unspecified atom stereocenters. The second kappa shape index (κ2) is 8.62. The van der Waals surface area contributed by atoms with Crippen LogP contribution in [0.15, 0.2) is 30.3 Å². The summed E-state index contributed by atoms with van der Waals surface area (Å²) in [5.74, 6) is 1.87. The molecule has 0 bridgehead atoms. The largest absolute Gasteiger partial charge is 0.390 e. The molecule has 0 heterocycles. The minimum Gasteiger partial charge on any atom is -0.390 e. The van der Waals surface area contributed by atoms with Crippen LogP contribution >= 0.6 is 11.8 Å². The van der Waals surface area contributed by atoms with Gasteiger partial charge in [-0.05, 0) is 17.7 Å². The molecule has 1 aromatic carbocycles. The van der Waals surface area contributed by atoms with Crippen LogP contribution in [0.4, 0.5) is 0 Å². The average Bonchev–Trinajstić information content (AvgIpc) is 2.31. The fourth-order valence-electron chi connectivity index (χ4n) is 1.30. The van der Waals surface area contributed by atoms with E-state index < -0.39 is 0 Å². The highest BCUT2D eigenvalue weighted by Gasteiger charge is 2.03. The van der Waals surface area contributed by atoms with Gasteiger partial charge in [0.2, 0.25) is 0 Å². The second-order valence-corrected chi connectivity index (χ2v) is 4.88. The molecule has 1 atom stereocenters. The lowest BCUT2D eigenvalue weighted by Gasteiger charge is -2.10. The van der Waals surface area contributed by atoms with E-state index in [1.807, 2.05) is 30.3 Å². The SMILES string of the molecule is CCCSCC(O)COCc1ccccc1. The number of benzene rings is 1. The van der Waals surface area contributed by atoms with Crippen molar-refractivity contribution in [2.45, 2.75) is 26.1 Å². The molecule has 16 heavy (non-hydrogen) atoms. The van der Waals surface area contributed by atoms with Gasteiger partial charge in [0.25, 0.3) is 0 Å². The summed E-state index contributed by atoms with van der Waals surface area (Å²) in [5.41, 5.74) is 1.15. The van der Waals surface area contributed by atoms with Crippen LogP contribution in [0.3, 0.4) is 0 Å². The second-order valence-electron chi connectivity index (χ2n) is 3.73. The zero-order valence-corrected chi connectivity index (χ0v) is 10.6. The van der Waals surface area contributed by atoms with Crippen molar-refractivity contribution >= 4 is 11.8 Å². The Morgan fingerprint density at radius 3 is 2.75 bits per heavy atom. The van der Waals surface area contributed by atoms with E-state index in [4.69, 9.17) is 4.74 Å². The number of hydrogen-bond acceptors (Lipinski definition) is 3. The molecule has 90 valence electrons. The van der Waals surface area contributed by atoms with E-state index in [2.05, 4.69) is 6.92 Å². The van der Waals surface area contributed by atoms with Crippen LogP contribution in [-0.4, -0.2) is 29.3 Å². The van der Waals surface area contributed by atoms with Crippen LogP contribution in [0, 0.1) is 0 Å². The Bertz CT molecular complexity index is 264. The minimum atomic E-state index is -0.347. The van der Waals surface area contributed by atoms with Gasteiger partial charge < -0.3 is 9.84 Å². The van der Waals surface area contributed by atoms with E-state index in [-0.39, 0.29) is 6.10 Å².